The molecule has 0 spiro atoms. The first kappa shape index (κ1) is 24.1. The van der Waals surface area contributed by atoms with Gasteiger partial charge in [0, 0.05) is 12.6 Å². The molecule has 0 fully saturated rings. The van der Waals surface area contributed by atoms with Gasteiger partial charge in [0.2, 0.25) is 0 Å². The molecule has 10 heteroatoms. The van der Waals surface area contributed by atoms with Crippen molar-refractivity contribution < 1.29 is 27.1 Å². The van der Waals surface area contributed by atoms with Gasteiger partial charge in [-0.1, -0.05) is 42.5 Å². The summed E-state index contributed by atoms with van der Waals surface area (Å²) in [6.45, 7) is 0.411. The fourth-order valence-corrected chi connectivity index (χ4v) is 4.29. The van der Waals surface area contributed by atoms with Crippen molar-refractivity contribution in [2.24, 2.45) is 7.05 Å². The van der Waals surface area contributed by atoms with Crippen molar-refractivity contribution in [3.05, 3.63) is 71.9 Å². The normalized spacial score (nSPS) is 12.2. The molecule has 1 atom stereocenters. The van der Waals surface area contributed by atoms with E-state index >= 15 is 0 Å². The zero-order valence-electron chi connectivity index (χ0n) is 18.2. The van der Waals surface area contributed by atoms with E-state index in [9.17, 15) is 22.4 Å². The number of aryl methyl sites for hydroxylation is 1. The number of aromatic nitrogens is 2. The lowest BCUT2D eigenvalue weighted by Crippen LogP contribution is -2.28. The minimum Gasteiger partial charge on any atom is -0.462 e. The molecular weight excluding hydrogens is 449 g/mol. The van der Waals surface area contributed by atoms with Crippen LogP contribution >= 0.6 is 0 Å². The van der Waals surface area contributed by atoms with Gasteiger partial charge in [0.1, 0.15) is 19.0 Å². The Bertz CT molecular complexity index is 1220. The number of esters is 1. The highest BCUT2D eigenvalue weighted by Gasteiger charge is 2.21. The number of ether oxygens (including phenoxy) is 1. The molecule has 3 aromatic rings. The Kier molecular flexibility index (Phi) is 7.59. The number of alkyl halides is 1. The van der Waals surface area contributed by atoms with Gasteiger partial charge < -0.3 is 10.1 Å². The Morgan fingerprint density at radius 1 is 1.12 bits per heavy atom. The molecule has 174 valence electrons. The van der Waals surface area contributed by atoms with Gasteiger partial charge in [0.25, 0.3) is 5.91 Å². The van der Waals surface area contributed by atoms with Crippen LogP contribution in [0.2, 0.25) is 0 Å². The molecule has 33 heavy (non-hydrogen) atoms. The number of nitrogens with zero attached hydrogens (tertiary/aromatic N) is 2. The molecule has 0 aliphatic rings. The van der Waals surface area contributed by atoms with Crippen LogP contribution in [0.5, 0.6) is 0 Å². The molecule has 0 aliphatic carbocycles. The summed E-state index contributed by atoms with van der Waals surface area (Å²) in [5, 5.41) is 7.27. The molecule has 0 saturated carbocycles. The van der Waals surface area contributed by atoms with Crippen molar-refractivity contribution in [1.29, 1.82) is 0 Å². The molecule has 1 heterocycles. The predicted octanol–water partition coefficient (Wildman–Crippen LogP) is 2.86. The summed E-state index contributed by atoms with van der Waals surface area (Å²) in [6.07, 6.45) is 0. The van der Waals surface area contributed by atoms with E-state index in [1.807, 2.05) is 30.3 Å². The third-order valence-corrected chi connectivity index (χ3v) is 6.52. The van der Waals surface area contributed by atoms with Gasteiger partial charge in [-0.25, -0.2) is 12.8 Å². The number of carbonyl (C=O) groups excluding carboxylic acids is 2. The molecule has 2 aromatic carbocycles. The van der Waals surface area contributed by atoms with E-state index in [4.69, 9.17) is 0 Å². The van der Waals surface area contributed by atoms with Crippen LogP contribution in [-0.2, 0) is 26.4 Å². The highest BCUT2D eigenvalue weighted by molar-refractivity contribution is 7.92. The Labute approximate surface area is 191 Å². The van der Waals surface area contributed by atoms with Crippen molar-refractivity contribution >= 4 is 21.7 Å². The summed E-state index contributed by atoms with van der Waals surface area (Å²) in [4.78, 5) is 24.2. The van der Waals surface area contributed by atoms with Gasteiger partial charge in [0.15, 0.2) is 15.6 Å². The van der Waals surface area contributed by atoms with Crippen LogP contribution in [0.4, 0.5) is 4.39 Å². The second-order valence-corrected chi connectivity index (χ2v) is 9.33. The number of sulfone groups is 1. The second kappa shape index (κ2) is 10.4. The summed E-state index contributed by atoms with van der Waals surface area (Å²) in [5.41, 5.74) is 2.63. The number of nitrogens with one attached hydrogen (secondary N) is 1. The number of halogens is 1. The lowest BCUT2D eigenvalue weighted by molar-refractivity contribution is -0.140. The molecule has 1 unspecified atom stereocenters. The fraction of sp³-hybridized carbons (Fsp3) is 0.261. The van der Waals surface area contributed by atoms with Crippen LogP contribution in [0.3, 0.4) is 0 Å². The first-order valence-electron chi connectivity index (χ1n) is 10.2. The van der Waals surface area contributed by atoms with E-state index in [1.165, 1.54) is 16.8 Å². The third kappa shape index (κ3) is 6.04. The zero-order chi connectivity index (χ0) is 24.0. The van der Waals surface area contributed by atoms with Gasteiger partial charge in [-0.05, 0) is 30.7 Å². The number of benzene rings is 2. The number of rotatable bonds is 9. The molecule has 1 aromatic heterocycles. The Balaban J connectivity index is 1.67. The highest BCUT2D eigenvalue weighted by atomic mass is 32.2. The van der Waals surface area contributed by atoms with Crippen molar-refractivity contribution in [3.8, 4) is 11.3 Å². The summed E-state index contributed by atoms with van der Waals surface area (Å²) in [7, 11) is -2.24. The van der Waals surface area contributed by atoms with Crippen molar-refractivity contribution in [1.82, 2.24) is 15.1 Å². The SMILES string of the molecule is CC(NC(=O)c1cc(-c2ccccc2)nn1C)c1ccc(S(=O)(=O)CC(=O)OCCF)cc1. The summed E-state index contributed by atoms with van der Waals surface area (Å²) >= 11 is 0. The Hall–Kier alpha value is -3.53. The largest absolute Gasteiger partial charge is 0.462 e. The van der Waals surface area contributed by atoms with Crippen LogP contribution in [0.25, 0.3) is 11.3 Å². The van der Waals surface area contributed by atoms with E-state index < -0.39 is 40.9 Å². The molecule has 0 radical (unpaired) electrons. The first-order valence-corrected chi connectivity index (χ1v) is 11.8. The van der Waals surface area contributed by atoms with Crippen LogP contribution in [0.15, 0.2) is 65.6 Å². The quantitative estimate of drug-likeness (QED) is 0.479. The summed E-state index contributed by atoms with van der Waals surface area (Å²) in [5.74, 6) is -2.21. The van der Waals surface area contributed by atoms with Crippen LogP contribution < -0.4 is 5.32 Å². The van der Waals surface area contributed by atoms with Crippen molar-refractivity contribution in [2.75, 3.05) is 19.0 Å². The van der Waals surface area contributed by atoms with E-state index in [2.05, 4.69) is 15.2 Å². The molecule has 1 amide bonds. The third-order valence-electron chi connectivity index (χ3n) is 4.92. The number of amides is 1. The zero-order valence-corrected chi connectivity index (χ0v) is 19.0. The molecule has 0 saturated heterocycles. The number of hydrogen-bond donors (Lipinski definition) is 1. The van der Waals surface area contributed by atoms with E-state index in [1.54, 1.807) is 32.2 Å². The average molecular weight is 474 g/mol. The smallest absolute Gasteiger partial charge is 0.321 e. The van der Waals surface area contributed by atoms with Gasteiger partial charge in [0.05, 0.1) is 16.6 Å². The second-order valence-electron chi connectivity index (χ2n) is 7.34. The maximum atomic E-state index is 12.8. The highest BCUT2D eigenvalue weighted by Crippen LogP contribution is 2.20. The van der Waals surface area contributed by atoms with E-state index in [0.717, 1.165) is 5.56 Å². The maximum absolute atomic E-state index is 12.8. The monoisotopic (exact) mass is 473 g/mol. The van der Waals surface area contributed by atoms with Gasteiger partial charge >= 0.3 is 5.97 Å². The summed E-state index contributed by atoms with van der Waals surface area (Å²) < 4.78 is 42.7. The van der Waals surface area contributed by atoms with Crippen molar-refractivity contribution in [2.45, 2.75) is 17.9 Å². The topological polar surface area (TPSA) is 107 Å². The molecule has 8 nitrogen and oxygen atoms in total. The Morgan fingerprint density at radius 3 is 2.42 bits per heavy atom. The van der Waals surface area contributed by atoms with Gasteiger partial charge in [-0.2, -0.15) is 5.10 Å². The first-order chi connectivity index (χ1) is 15.7. The molecule has 0 aliphatic heterocycles. The predicted molar refractivity (Wildman–Crippen MR) is 120 cm³/mol. The lowest BCUT2D eigenvalue weighted by atomic mass is 10.1. The minimum atomic E-state index is -3.92. The van der Waals surface area contributed by atoms with Gasteiger partial charge in [-0.15, -0.1) is 0 Å². The number of hydrogen-bond acceptors (Lipinski definition) is 6. The van der Waals surface area contributed by atoms with Crippen LogP contribution in [-0.4, -0.2) is 49.1 Å². The number of carbonyl (C=O) groups is 2. The molecular formula is C23H24FN3O5S. The van der Waals surface area contributed by atoms with E-state index in [0.29, 0.717) is 17.0 Å². The minimum absolute atomic E-state index is 0.0684. The molecule has 0 bridgehead atoms. The van der Waals surface area contributed by atoms with Crippen molar-refractivity contribution in [3.63, 3.8) is 0 Å². The molecule has 1 N–H and O–H groups in total. The van der Waals surface area contributed by atoms with Crippen LogP contribution in [0.1, 0.15) is 29.0 Å². The lowest BCUT2D eigenvalue weighted by Gasteiger charge is -2.15. The average Bonchev–Trinajstić information content (AvgIpc) is 3.20. The summed E-state index contributed by atoms with van der Waals surface area (Å²) in [6, 6.07) is 16.6. The Morgan fingerprint density at radius 2 is 1.79 bits per heavy atom. The standard InChI is InChI=1S/C23H24FN3O5S/c1-16(17-8-10-19(11-9-17)33(30,31)15-22(28)32-13-12-24)25-23(29)21-14-20(26-27(21)2)18-6-4-3-5-7-18/h3-11,14,16H,12-13,15H2,1-2H3,(H,25,29). The molecule has 3 rings (SSSR count). The van der Waals surface area contributed by atoms with Gasteiger partial charge in [-0.3, -0.25) is 14.3 Å². The van der Waals surface area contributed by atoms with Crippen LogP contribution in [0, 0.1) is 0 Å². The van der Waals surface area contributed by atoms with E-state index in [-0.39, 0.29) is 10.8 Å². The maximum Gasteiger partial charge on any atom is 0.321 e. The fourth-order valence-electron chi connectivity index (χ4n) is 3.18.